The van der Waals surface area contributed by atoms with Crippen LogP contribution in [0, 0.1) is 50.2 Å². The van der Waals surface area contributed by atoms with E-state index in [1.165, 1.54) is 12.5 Å². The standard InChI is InChI=1S/C51H82O20/c1-23-32(55)39(70-42-37(60)35(58)28(21-66-42)68-41-36(59)33(56)26(53)19-64-41)38(61)43(67-23)71-40-34(57)27(54)20-65-44(40)69-31-11-12-47(4)29(48(31,5)22-52)10-13-50(7)30(47)9-8-24-25-18-46(2,3)14-16-51(25,45(62)63)17-15-49(24,50)6/h8,23,25-44,52-61H,9-22H2,1-7H3,(H,62,63)/t23-,25-,26-,27-,28-,29+,30+,31-,32-,33-,34-,35-,36+,37+,38+,39+,40+,41-,42-,43-,44-,47-,48-,49+,50+,51-/m0/s1. The molecule has 0 unspecified atom stereocenters. The van der Waals surface area contributed by atoms with Crippen molar-refractivity contribution in [1.82, 2.24) is 0 Å². The minimum Gasteiger partial charge on any atom is -0.481 e. The number of fused-ring (bicyclic) bond motifs is 7. The second-order valence-corrected chi connectivity index (χ2v) is 24.8. The van der Waals surface area contributed by atoms with Crippen LogP contribution in [-0.4, -0.2) is 199 Å². The zero-order valence-electron chi connectivity index (χ0n) is 42.2. The highest BCUT2D eigenvalue weighted by molar-refractivity contribution is 5.76. The van der Waals surface area contributed by atoms with Crippen molar-refractivity contribution in [2.24, 2.45) is 50.2 Å². The van der Waals surface area contributed by atoms with Gasteiger partial charge in [-0.2, -0.15) is 0 Å². The van der Waals surface area contributed by atoms with Gasteiger partial charge in [0.15, 0.2) is 25.2 Å². The highest BCUT2D eigenvalue weighted by Gasteiger charge is 2.70. The number of rotatable bonds is 10. The van der Waals surface area contributed by atoms with Crippen molar-refractivity contribution >= 4 is 5.97 Å². The predicted molar refractivity (Wildman–Crippen MR) is 245 cm³/mol. The third-order valence-electron chi connectivity index (χ3n) is 20.4. The van der Waals surface area contributed by atoms with E-state index in [2.05, 4.69) is 40.7 Å². The van der Waals surface area contributed by atoms with Crippen LogP contribution in [0.2, 0.25) is 0 Å². The van der Waals surface area contributed by atoms with Crippen molar-refractivity contribution in [3.05, 3.63) is 11.6 Å². The number of aliphatic hydroxyl groups excluding tert-OH is 10. The lowest BCUT2D eigenvalue weighted by Crippen LogP contribution is -2.67. The SMILES string of the molecule is C[C@@H]1O[C@@H](O[C@H]2[C@H](O[C@H]3CC[C@@]4(C)[C@@H](CC[C@]5(C)[C@@H]4CC=C4[C@@H]6CC(C)(C)CC[C@]6(C(=O)O)CC[C@]45C)[C@]3(C)CO)OC[C@H](O)[C@@H]2O)[C@H](O)[C@H](O[C@@H]2OC[C@H](O[C@@H]3OC[C@H](O)[C@H](O)[C@H]3O)[C@H](O)[C@H]2O)[C@H]1O. The minimum atomic E-state index is -1.83. The van der Waals surface area contributed by atoms with Gasteiger partial charge in [-0.1, -0.05) is 53.2 Å². The first-order valence-electron chi connectivity index (χ1n) is 26.1. The predicted octanol–water partition coefficient (Wildman–Crippen LogP) is 0.448. The molecule has 4 aliphatic heterocycles. The van der Waals surface area contributed by atoms with E-state index in [0.29, 0.717) is 19.3 Å². The van der Waals surface area contributed by atoms with Crippen LogP contribution < -0.4 is 0 Å². The molecular formula is C51H82O20. The first kappa shape index (κ1) is 54.3. The van der Waals surface area contributed by atoms with E-state index in [1.54, 1.807) is 0 Å². The van der Waals surface area contributed by atoms with Gasteiger partial charge in [-0.25, -0.2) is 0 Å². The summed E-state index contributed by atoms with van der Waals surface area (Å²) in [6.45, 7) is 14.0. The minimum absolute atomic E-state index is 0.000249. The fourth-order valence-corrected chi connectivity index (χ4v) is 15.7. The van der Waals surface area contributed by atoms with Gasteiger partial charge in [-0.05, 0) is 111 Å². The molecule has 0 aromatic carbocycles. The quantitative estimate of drug-likeness (QED) is 0.105. The Morgan fingerprint density at radius 1 is 0.634 bits per heavy atom. The first-order chi connectivity index (χ1) is 33.3. The molecule has 406 valence electrons. The van der Waals surface area contributed by atoms with Crippen LogP contribution in [0.1, 0.15) is 113 Å². The molecule has 8 fully saturated rings. The zero-order chi connectivity index (χ0) is 51.5. The monoisotopic (exact) mass is 1010 g/mol. The van der Waals surface area contributed by atoms with E-state index in [1.807, 2.05) is 6.92 Å². The number of carboxylic acid groups (broad SMARTS) is 1. The Kier molecular flexibility index (Phi) is 14.9. The van der Waals surface area contributed by atoms with Crippen LogP contribution in [0.15, 0.2) is 11.6 Å². The van der Waals surface area contributed by atoms with Gasteiger partial charge in [0.2, 0.25) is 0 Å². The summed E-state index contributed by atoms with van der Waals surface area (Å²) in [7, 11) is 0. The van der Waals surface area contributed by atoms with Gasteiger partial charge in [0, 0.05) is 5.41 Å². The molecule has 20 nitrogen and oxygen atoms in total. The van der Waals surface area contributed by atoms with Crippen LogP contribution in [-0.2, 0) is 42.7 Å². The number of ether oxygens (including phenoxy) is 8. The fourth-order valence-electron chi connectivity index (χ4n) is 15.7. The first-order valence-corrected chi connectivity index (χ1v) is 26.1. The Hall–Kier alpha value is -1.51. The van der Waals surface area contributed by atoms with Gasteiger partial charge >= 0.3 is 5.97 Å². The third-order valence-corrected chi connectivity index (χ3v) is 20.4. The highest BCUT2D eigenvalue weighted by atomic mass is 16.8. The maximum atomic E-state index is 13.2. The molecule has 0 aromatic rings. The lowest BCUT2D eigenvalue weighted by molar-refractivity contribution is -0.382. The average Bonchev–Trinajstić information content (AvgIpc) is 3.32. The van der Waals surface area contributed by atoms with Gasteiger partial charge in [-0.3, -0.25) is 4.79 Å². The van der Waals surface area contributed by atoms with Gasteiger partial charge in [0.25, 0.3) is 0 Å². The van der Waals surface area contributed by atoms with Gasteiger partial charge in [0.1, 0.15) is 73.2 Å². The molecule has 9 rings (SSSR count). The fraction of sp³-hybridized carbons (Fsp3) is 0.941. The second-order valence-electron chi connectivity index (χ2n) is 24.8. The Labute approximate surface area is 415 Å². The van der Waals surface area contributed by atoms with Gasteiger partial charge in [-0.15, -0.1) is 0 Å². The van der Waals surface area contributed by atoms with Crippen LogP contribution in [0.4, 0.5) is 0 Å². The molecule has 4 saturated heterocycles. The van der Waals surface area contributed by atoms with Crippen LogP contribution >= 0.6 is 0 Å². The molecule has 0 aromatic heterocycles. The summed E-state index contributed by atoms with van der Waals surface area (Å²) in [5, 5.41) is 120. The topological polar surface area (TPSA) is 313 Å². The number of carboxylic acids is 1. The molecule has 4 heterocycles. The summed E-state index contributed by atoms with van der Waals surface area (Å²) in [6, 6.07) is 0. The number of carbonyl (C=O) groups is 1. The van der Waals surface area contributed by atoms with Crippen LogP contribution in [0.5, 0.6) is 0 Å². The summed E-state index contributed by atoms with van der Waals surface area (Å²) in [4.78, 5) is 13.2. The van der Waals surface area contributed by atoms with E-state index < -0.39 is 134 Å². The van der Waals surface area contributed by atoms with Crippen LogP contribution in [0.25, 0.3) is 0 Å². The number of hydrogen-bond donors (Lipinski definition) is 11. The molecule has 11 N–H and O–H groups in total. The number of aliphatic carboxylic acids is 1. The molecule has 20 heteroatoms. The summed E-state index contributed by atoms with van der Waals surface area (Å²) in [5.41, 5.74) is -0.693. The van der Waals surface area contributed by atoms with Crippen molar-refractivity contribution in [3.8, 4) is 0 Å². The summed E-state index contributed by atoms with van der Waals surface area (Å²) in [5.74, 6) is -0.434. The summed E-state index contributed by atoms with van der Waals surface area (Å²) >= 11 is 0. The molecule has 0 spiro atoms. The maximum Gasteiger partial charge on any atom is 0.310 e. The molecule has 26 atom stereocenters. The molecule has 9 aliphatic rings. The van der Waals surface area contributed by atoms with Crippen molar-refractivity contribution in [2.45, 2.75) is 223 Å². The maximum absolute atomic E-state index is 13.2. The van der Waals surface area contributed by atoms with Crippen molar-refractivity contribution in [1.29, 1.82) is 0 Å². The number of hydrogen-bond acceptors (Lipinski definition) is 19. The van der Waals surface area contributed by atoms with E-state index in [4.69, 9.17) is 37.9 Å². The van der Waals surface area contributed by atoms with Gasteiger partial charge in [0.05, 0.1) is 44.1 Å². The van der Waals surface area contributed by atoms with E-state index in [-0.39, 0.29) is 59.2 Å². The molecule has 0 radical (unpaired) electrons. The average molecular weight is 1020 g/mol. The smallest absolute Gasteiger partial charge is 0.310 e. The Balaban J connectivity index is 0.892. The number of aliphatic hydroxyl groups is 10. The lowest BCUT2D eigenvalue weighted by Gasteiger charge is -2.71. The summed E-state index contributed by atoms with van der Waals surface area (Å²) in [6.07, 6.45) is -16.4. The molecular weight excluding hydrogens is 933 g/mol. The Morgan fingerprint density at radius 3 is 1.94 bits per heavy atom. The van der Waals surface area contributed by atoms with E-state index in [0.717, 1.165) is 44.9 Å². The van der Waals surface area contributed by atoms with Crippen LogP contribution in [0.3, 0.4) is 0 Å². The van der Waals surface area contributed by atoms with Crippen molar-refractivity contribution in [3.63, 3.8) is 0 Å². The van der Waals surface area contributed by atoms with E-state index >= 15 is 0 Å². The molecule has 0 bridgehead atoms. The molecule has 71 heavy (non-hydrogen) atoms. The number of allylic oxidation sites excluding steroid dienone is 2. The summed E-state index contributed by atoms with van der Waals surface area (Å²) < 4.78 is 47.5. The molecule has 4 saturated carbocycles. The van der Waals surface area contributed by atoms with E-state index in [9.17, 15) is 61.0 Å². The van der Waals surface area contributed by atoms with Crippen molar-refractivity contribution in [2.75, 3.05) is 26.4 Å². The zero-order valence-corrected chi connectivity index (χ0v) is 42.2. The Morgan fingerprint density at radius 2 is 1.25 bits per heavy atom. The normalized spacial score (nSPS) is 55.2. The van der Waals surface area contributed by atoms with Gasteiger partial charge < -0.3 is 94.1 Å². The molecule has 0 amide bonds. The van der Waals surface area contributed by atoms with Crippen molar-refractivity contribution < 1.29 is 98.9 Å². The second kappa shape index (κ2) is 19.5. The highest BCUT2D eigenvalue weighted by Crippen LogP contribution is 2.76. The third kappa shape index (κ3) is 8.80. The Bertz CT molecular complexity index is 1960. The largest absolute Gasteiger partial charge is 0.481 e. The molecule has 5 aliphatic carbocycles. The lowest BCUT2D eigenvalue weighted by atomic mass is 9.33.